The summed E-state index contributed by atoms with van der Waals surface area (Å²) in [7, 11) is 5.65. The van der Waals surface area contributed by atoms with Gasteiger partial charge in [0, 0.05) is 40.8 Å². The normalized spacial score (nSPS) is 18.7. The molecule has 1 unspecified atom stereocenters. The molecule has 2 rings (SSSR count). The summed E-state index contributed by atoms with van der Waals surface area (Å²) in [6.07, 6.45) is 2.35. The Labute approximate surface area is 126 Å². The summed E-state index contributed by atoms with van der Waals surface area (Å²) in [5.41, 5.74) is 0. The highest BCUT2D eigenvalue weighted by Gasteiger charge is 2.23. The van der Waals surface area contributed by atoms with Crippen LogP contribution in [0, 0.1) is 5.92 Å². The maximum absolute atomic E-state index is 5.29. The summed E-state index contributed by atoms with van der Waals surface area (Å²) in [5, 5.41) is 3.18. The molecule has 21 heavy (non-hydrogen) atoms. The van der Waals surface area contributed by atoms with Crippen LogP contribution in [-0.2, 0) is 4.74 Å². The van der Waals surface area contributed by atoms with E-state index in [1.807, 2.05) is 25.9 Å². The summed E-state index contributed by atoms with van der Waals surface area (Å²) < 4.78 is 5.29. The molecule has 118 valence electrons. The van der Waals surface area contributed by atoms with E-state index in [9.17, 15) is 0 Å². The predicted octanol–water partition coefficient (Wildman–Crippen LogP) is 1.23. The van der Waals surface area contributed by atoms with Crippen molar-refractivity contribution in [2.24, 2.45) is 5.92 Å². The molecule has 0 radical (unpaired) electrons. The van der Waals surface area contributed by atoms with Crippen LogP contribution in [0.4, 0.5) is 17.8 Å². The van der Waals surface area contributed by atoms with Crippen molar-refractivity contribution in [1.29, 1.82) is 0 Å². The predicted molar refractivity (Wildman–Crippen MR) is 85.1 cm³/mol. The van der Waals surface area contributed by atoms with Gasteiger partial charge in [-0.15, -0.1) is 0 Å². The molecule has 1 saturated heterocycles. The van der Waals surface area contributed by atoms with Crippen molar-refractivity contribution in [3.63, 3.8) is 0 Å². The molecule has 0 amide bonds. The number of aromatic nitrogens is 3. The van der Waals surface area contributed by atoms with Crippen LogP contribution in [-0.4, -0.2) is 62.4 Å². The first-order valence-electron chi connectivity index (χ1n) is 7.55. The van der Waals surface area contributed by atoms with Crippen molar-refractivity contribution in [2.45, 2.75) is 19.8 Å². The number of methoxy groups -OCH3 is 1. The molecule has 0 bridgehead atoms. The lowest BCUT2D eigenvalue weighted by atomic mass is 9.99. The van der Waals surface area contributed by atoms with E-state index < -0.39 is 0 Å². The second-order valence-corrected chi connectivity index (χ2v) is 5.59. The SMILES string of the molecule is CCNc1nc(N(C)C)nc(N2CCCC(COC)C2)n1. The quantitative estimate of drug-likeness (QED) is 0.846. The lowest BCUT2D eigenvalue weighted by Crippen LogP contribution is -2.38. The van der Waals surface area contributed by atoms with Gasteiger partial charge >= 0.3 is 0 Å². The Bertz CT molecular complexity index is 451. The first kappa shape index (κ1) is 15.8. The molecule has 2 heterocycles. The molecular formula is C14H26N6O. The van der Waals surface area contributed by atoms with E-state index >= 15 is 0 Å². The average molecular weight is 294 g/mol. The third kappa shape index (κ3) is 4.17. The molecular weight excluding hydrogens is 268 g/mol. The highest BCUT2D eigenvalue weighted by atomic mass is 16.5. The Morgan fingerprint density at radius 3 is 2.81 bits per heavy atom. The molecule has 0 spiro atoms. The minimum Gasteiger partial charge on any atom is -0.384 e. The lowest BCUT2D eigenvalue weighted by molar-refractivity contribution is 0.143. The molecule has 1 aromatic rings. The largest absolute Gasteiger partial charge is 0.384 e. The zero-order valence-electron chi connectivity index (χ0n) is 13.5. The smallest absolute Gasteiger partial charge is 0.231 e. The fourth-order valence-corrected chi connectivity index (χ4v) is 2.55. The van der Waals surface area contributed by atoms with Crippen molar-refractivity contribution in [3.8, 4) is 0 Å². The molecule has 1 N–H and O–H groups in total. The molecule has 1 aliphatic heterocycles. The minimum absolute atomic E-state index is 0.547. The van der Waals surface area contributed by atoms with E-state index in [0.717, 1.165) is 38.6 Å². The van der Waals surface area contributed by atoms with Gasteiger partial charge in [-0.25, -0.2) is 0 Å². The van der Waals surface area contributed by atoms with Crippen LogP contribution in [0.3, 0.4) is 0 Å². The maximum Gasteiger partial charge on any atom is 0.231 e. The van der Waals surface area contributed by atoms with Crippen molar-refractivity contribution in [2.75, 3.05) is 62.6 Å². The van der Waals surface area contributed by atoms with Crippen molar-refractivity contribution < 1.29 is 4.74 Å². The van der Waals surface area contributed by atoms with Gasteiger partial charge in [-0.05, 0) is 25.7 Å². The minimum atomic E-state index is 0.547. The first-order valence-corrected chi connectivity index (χ1v) is 7.55. The van der Waals surface area contributed by atoms with Crippen LogP contribution in [0.2, 0.25) is 0 Å². The Hall–Kier alpha value is -1.63. The number of hydrogen-bond donors (Lipinski definition) is 1. The van der Waals surface area contributed by atoms with Gasteiger partial charge in [0.15, 0.2) is 0 Å². The van der Waals surface area contributed by atoms with Crippen LogP contribution < -0.4 is 15.1 Å². The van der Waals surface area contributed by atoms with Gasteiger partial charge in [-0.1, -0.05) is 0 Å². The first-order chi connectivity index (χ1) is 10.1. The van der Waals surface area contributed by atoms with E-state index in [1.54, 1.807) is 7.11 Å². The fourth-order valence-electron chi connectivity index (χ4n) is 2.55. The second-order valence-electron chi connectivity index (χ2n) is 5.59. The summed E-state index contributed by atoms with van der Waals surface area (Å²) in [4.78, 5) is 17.7. The number of nitrogens with one attached hydrogen (secondary N) is 1. The summed E-state index contributed by atoms with van der Waals surface area (Å²) in [6, 6.07) is 0. The molecule has 1 aromatic heterocycles. The summed E-state index contributed by atoms with van der Waals surface area (Å²) >= 11 is 0. The van der Waals surface area contributed by atoms with E-state index in [0.29, 0.717) is 17.8 Å². The lowest BCUT2D eigenvalue weighted by Gasteiger charge is -2.32. The molecule has 7 nitrogen and oxygen atoms in total. The van der Waals surface area contributed by atoms with E-state index in [1.165, 1.54) is 6.42 Å². The van der Waals surface area contributed by atoms with Gasteiger partial charge in [-0.3, -0.25) is 0 Å². The fraction of sp³-hybridized carbons (Fsp3) is 0.786. The maximum atomic E-state index is 5.29. The van der Waals surface area contributed by atoms with E-state index in [2.05, 4.69) is 25.2 Å². The van der Waals surface area contributed by atoms with Crippen LogP contribution in [0.25, 0.3) is 0 Å². The highest BCUT2D eigenvalue weighted by Crippen LogP contribution is 2.22. The molecule has 0 aromatic carbocycles. The zero-order valence-corrected chi connectivity index (χ0v) is 13.5. The van der Waals surface area contributed by atoms with Gasteiger partial charge < -0.3 is 19.9 Å². The Morgan fingerprint density at radius 2 is 2.14 bits per heavy atom. The van der Waals surface area contributed by atoms with E-state index in [4.69, 9.17) is 4.74 Å². The van der Waals surface area contributed by atoms with Crippen molar-refractivity contribution in [3.05, 3.63) is 0 Å². The third-order valence-electron chi connectivity index (χ3n) is 3.55. The number of rotatable bonds is 6. The van der Waals surface area contributed by atoms with Gasteiger partial charge in [0.05, 0.1) is 6.61 Å². The molecule has 1 fully saturated rings. The summed E-state index contributed by atoms with van der Waals surface area (Å²) in [5.74, 6) is 2.63. The Balaban J connectivity index is 2.20. The second kappa shape index (κ2) is 7.40. The topological polar surface area (TPSA) is 66.4 Å². The number of anilines is 3. The average Bonchev–Trinajstić information content (AvgIpc) is 2.48. The Morgan fingerprint density at radius 1 is 1.33 bits per heavy atom. The number of piperidine rings is 1. The highest BCUT2D eigenvalue weighted by molar-refractivity contribution is 5.44. The third-order valence-corrected chi connectivity index (χ3v) is 3.55. The molecule has 1 aliphatic rings. The molecule has 1 atom stereocenters. The van der Waals surface area contributed by atoms with Crippen LogP contribution in [0.15, 0.2) is 0 Å². The van der Waals surface area contributed by atoms with Gasteiger partial charge in [0.25, 0.3) is 0 Å². The van der Waals surface area contributed by atoms with Gasteiger partial charge in [0.2, 0.25) is 17.8 Å². The molecule has 0 saturated carbocycles. The Kier molecular flexibility index (Phi) is 5.55. The number of nitrogens with zero attached hydrogens (tertiary/aromatic N) is 5. The molecule has 0 aliphatic carbocycles. The van der Waals surface area contributed by atoms with Crippen LogP contribution in [0.5, 0.6) is 0 Å². The van der Waals surface area contributed by atoms with Crippen LogP contribution >= 0.6 is 0 Å². The van der Waals surface area contributed by atoms with Gasteiger partial charge in [-0.2, -0.15) is 15.0 Å². The number of hydrogen-bond acceptors (Lipinski definition) is 7. The standard InChI is InChI=1S/C14H26N6O/c1-5-15-12-16-13(19(2)3)18-14(17-12)20-8-6-7-11(9-20)10-21-4/h11H,5-10H2,1-4H3,(H,15,16,17,18). The summed E-state index contributed by atoms with van der Waals surface area (Å²) in [6.45, 7) is 5.55. The van der Waals surface area contributed by atoms with Gasteiger partial charge in [0.1, 0.15) is 0 Å². The zero-order chi connectivity index (χ0) is 15.2. The van der Waals surface area contributed by atoms with Crippen LogP contribution in [0.1, 0.15) is 19.8 Å². The monoisotopic (exact) mass is 294 g/mol. The van der Waals surface area contributed by atoms with Crippen molar-refractivity contribution >= 4 is 17.8 Å². The number of ether oxygens (including phenoxy) is 1. The van der Waals surface area contributed by atoms with E-state index in [-0.39, 0.29) is 0 Å². The molecule has 7 heteroatoms. The van der Waals surface area contributed by atoms with Crippen molar-refractivity contribution in [1.82, 2.24) is 15.0 Å².